The van der Waals surface area contributed by atoms with Crippen LogP contribution in [0.5, 0.6) is 0 Å². The molecule has 0 amide bonds. The molecule has 0 aliphatic rings. The fraction of sp³-hybridized carbons (Fsp3) is 0.130. The summed E-state index contributed by atoms with van der Waals surface area (Å²) in [6.45, 7) is 1.99. The third kappa shape index (κ3) is 4.10. The van der Waals surface area contributed by atoms with E-state index in [-0.39, 0.29) is 18.0 Å². The van der Waals surface area contributed by atoms with Crippen LogP contribution in [0.2, 0.25) is 0 Å². The molecule has 25 heavy (non-hydrogen) atoms. The molecule has 3 aromatic rings. The van der Waals surface area contributed by atoms with Gasteiger partial charge >= 0.3 is 0 Å². The maximum atomic E-state index is 13.0. The predicted octanol–water partition coefficient (Wildman–Crippen LogP) is 5.23. The molecule has 3 aromatic carbocycles. The standard InChI is InChI=1S/C23H20O2/c1-17-12-14-19(15-13-17)22(24)16-21(18-8-4-2-5-9-18)23(25)20-10-6-3-7-11-20/h2-15,21H,16H2,1H3/t21-/m0/s1. The molecule has 0 aromatic heterocycles. The highest BCUT2D eigenvalue weighted by molar-refractivity contribution is 6.06. The van der Waals surface area contributed by atoms with Gasteiger partial charge in [-0.15, -0.1) is 0 Å². The first-order chi connectivity index (χ1) is 12.1. The number of ketones is 2. The first kappa shape index (κ1) is 16.8. The summed E-state index contributed by atoms with van der Waals surface area (Å²) in [5, 5.41) is 0. The van der Waals surface area contributed by atoms with Crippen LogP contribution in [0.3, 0.4) is 0 Å². The van der Waals surface area contributed by atoms with Crippen LogP contribution in [-0.2, 0) is 0 Å². The summed E-state index contributed by atoms with van der Waals surface area (Å²) in [5.41, 5.74) is 3.26. The smallest absolute Gasteiger partial charge is 0.170 e. The number of benzene rings is 3. The summed E-state index contributed by atoms with van der Waals surface area (Å²) in [5.74, 6) is -0.511. The van der Waals surface area contributed by atoms with Crippen LogP contribution in [0, 0.1) is 6.92 Å². The molecule has 0 saturated carbocycles. The molecule has 0 spiro atoms. The van der Waals surface area contributed by atoms with Crippen LogP contribution in [0.25, 0.3) is 0 Å². The molecule has 0 unspecified atom stereocenters. The minimum atomic E-state index is -0.475. The SMILES string of the molecule is Cc1ccc(C(=O)C[C@H](C(=O)c2ccccc2)c2ccccc2)cc1. The van der Waals surface area contributed by atoms with Crippen LogP contribution in [0.4, 0.5) is 0 Å². The van der Waals surface area contributed by atoms with Crippen molar-refractivity contribution >= 4 is 11.6 Å². The van der Waals surface area contributed by atoms with Gasteiger partial charge in [0.25, 0.3) is 0 Å². The zero-order valence-electron chi connectivity index (χ0n) is 14.2. The van der Waals surface area contributed by atoms with Gasteiger partial charge in [-0.25, -0.2) is 0 Å². The topological polar surface area (TPSA) is 34.1 Å². The van der Waals surface area contributed by atoms with E-state index >= 15 is 0 Å². The highest BCUT2D eigenvalue weighted by atomic mass is 16.1. The number of Topliss-reactive ketones (excluding diaryl/α,β-unsaturated/α-hetero) is 2. The molecule has 2 heteroatoms. The summed E-state index contributed by atoms with van der Waals surface area (Å²) < 4.78 is 0. The predicted molar refractivity (Wildman–Crippen MR) is 100 cm³/mol. The maximum Gasteiger partial charge on any atom is 0.170 e. The zero-order valence-corrected chi connectivity index (χ0v) is 14.2. The summed E-state index contributed by atoms with van der Waals surface area (Å²) in [6.07, 6.45) is 0.167. The lowest BCUT2D eigenvalue weighted by Crippen LogP contribution is -2.17. The highest BCUT2D eigenvalue weighted by Crippen LogP contribution is 2.26. The van der Waals surface area contributed by atoms with Crippen LogP contribution in [-0.4, -0.2) is 11.6 Å². The van der Waals surface area contributed by atoms with Gasteiger partial charge in [0.1, 0.15) is 0 Å². The van der Waals surface area contributed by atoms with Gasteiger partial charge < -0.3 is 0 Å². The molecule has 0 bridgehead atoms. The number of aryl methyl sites for hydroxylation is 1. The molecule has 0 fully saturated rings. The molecule has 124 valence electrons. The largest absolute Gasteiger partial charge is 0.294 e. The Hall–Kier alpha value is -3.00. The molecule has 1 atom stereocenters. The second-order valence-corrected chi connectivity index (χ2v) is 6.19. The summed E-state index contributed by atoms with van der Waals surface area (Å²) in [4.78, 5) is 25.7. The van der Waals surface area contributed by atoms with Crippen LogP contribution in [0.1, 0.15) is 44.2 Å². The third-order valence-electron chi connectivity index (χ3n) is 4.34. The van der Waals surface area contributed by atoms with Crippen molar-refractivity contribution in [2.75, 3.05) is 0 Å². The Kier molecular flexibility index (Phi) is 5.20. The molecule has 0 saturated heterocycles. The van der Waals surface area contributed by atoms with Crippen molar-refractivity contribution in [1.29, 1.82) is 0 Å². The fourth-order valence-electron chi connectivity index (χ4n) is 2.89. The Morgan fingerprint density at radius 2 is 1.28 bits per heavy atom. The third-order valence-corrected chi connectivity index (χ3v) is 4.34. The van der Waals surface area contributed by atoms with Gasteiger partial charge in [-0.2, -0.15) is 0 Å². The Morgan fingerprint density at radius 3 is 1.88 bits per heavy atom. The minimum absolute atomic E-state index is 0.0156. The lowest BCUT2D eigenvalue weighted by molar-refractivity contribution is 0.0893. The maximum absolute atomic E-state index is 13.0. The average molecular weight is 328 g/mol. The van der Waals surface area contributed by atoms with Crippen molar-refractivity contribution < 1.29 is 9.59 Å². The molecule has 0 heterocycles. The number of rotatable bonds is 6. The van der Waals surface area contributed by atoms with Crippen molar-refractivity contribution in [3.8, 4) is 0 Å². The van der Waals surface area contributed by atoms with E-state index in [1.807, 2.05) is 79.7 Å². The monoisotopic (exact) mass is 328 g/mol. The van der Waals surface area contributed by atoms with E-state index < -0.39 is 5.92 Å². The molecule has 0 aliphatic heterocycles. The lowest BCUT2D eigenvalue weighted by atomic mass is 9.85. The quantitative estimate of drug-likeness (QED) is 0.580. The van der Waals surface area contributed by atoms with Gasteiger partial charge in [0, 0.05) is 17.5 Å². The van der Waals surface area contributed by atoms with E-state index in [0.29, 0.717) is 11.1 Å². The molecular formula is C23H20O2. The number of hydrogen-bond donors (Lipinski definition) is 0. The van der Waals surface area contributed by atoms with E-state index in [1.54, 1.807) is 12.1 Å². The Morgan fingerprint density at radius 1 is 0.720 bits per heavy atom. The number of hydrogen-bond acceptors (Lipinski definition) is 2. The van der Waals surface area contributed by atoms with Gasteiger partial charge in [-0.05, 0) is 12.5 Å². The first-order valence-corrected chi connectivity index (χ1v) is 8.39. The van der Waals surface area contributed by atoms with Gasteiger partial charge in [-0.1, -0.05) is 90.5 Å². The van der Waals surface area contributed by atoms with Crippen LogP contribution in [0.15, 0.2) is 84.9 Å². The van der Waals surface area contributed by atoms with Crippen LogP contribution < -0.4 is 0 Å². The van der Waals surface area contributed by atoms with Crippen molar-refractivity contribution in [3.05, 3.63) is 107 Å². The summed E-state index contributed by atoms with van der Waals surface area (Å²) in [6, 6.07) is 26.2. The number of carbonyl (C=O) groups is 2. The second-order valence-electron chi connectivity index (χ2n) is 6.19. The van der Waals surface area contributed by atoms with Crippen molar-refractivity contribution in [3.63, 3.8) is 0 Å². The molecule has 3 rings (SSSR count). The van der Waals surface area contributed by atoms with Gasteiger partial charge in [0.2, 0.25) is 0 Å². The fourth-order valence-corrected chi connectivity index (χ4v) is 2.89. The van der Waals surface area contributed by atoms with Gasteiger partial charge in [0.15, 0.2) is 11.6 Å². The minimum Gasteiger partial charge on any atom is -0.294 e. The zero-order chi connectivity index (χ0) is 17.6. The van der Waals surface area contributed by atoms with Crippen molar-refractivity contribution in [2.24, 2.45) is 0 Å². The molecule has 0 aliphatic carbocycles. The van der Waals surface area contributed by atoms with Crippen LogP contribution >= 0.6 is 0 Å². The average Bonchev–Trinajstić information content (AvgIpc) is 2.67. The lowest BCUT2D eigenvalue weighted by Gasteiger charge is -2.16. The number of carbonyl (C=O) groups excluding carboxylic acids is 2. The van der Waals surface area contributed by atoms with E-state index in [4.69, 9.17) is 0 Å². The normalized spacial score (nSPS) is 11.7. The van der Waals surface area contributed by atoms with E-state index in [0.717, 1.165) is 11.1 Å². The van der Waals surface area contributed by atoms with Gasteiger partial charge in [-0.3, -0.25) is 9.59 Å². The Balaban J connectivity index is 1.90. The summed E-state index contributed by atoms with van der Waals surface area (Å²) in [7, 11) is 0. The first-order valence-electron chi connectivity index (χ1n) is 8.39. The highest BCUT2D eigenvalue weighted by Gasteiger charge is 2.25. The van der Waals surface area contributed by atoms with Crippen molar-refractivity contribution in [2.45, 2.75) is 19.3 Å². The van der Waals surface area contributed by atoms with Gasteiger partial charge in [0.05, 0.1) is 5.92 Å². The van der Waals surface area contributed by atoms with E-state index in [2.05, 4.69) is 0 Å². The van der Waals surface area contributed by atoms with E-state index in [1.165, 1.54) is 0 Å². The Bertz CT molecular complexity index is 850. The van der Waals surface area contributed by atoms with E-state index in [9.17, 15) is 9.59 Å². The molecule has 2 nitrogen and oxygen atoms in total. The molecule has 0 radical (unpaired) electrons. The molecular weight excluding hydrogens is 308 g/mol. The second kappa shape index (κ2) is 7.71. The Labute approximate surface area is 148 Å². The molecule has 0 N–H and O–H groups in total. The summed E-state index contributed by atoms with van der Waals surface area (Å²) >= 11 is 0. The van der Waals surface area contributed by atoms with Crippen molar-refractivity contribution in [1.82, 2.24) is 0 Å².